The zero-order chi connectivity index (χ0) is 22.8. The monoisotopic (exact) mass is 453 g/mol. The maximum atomic E-state index is 11.4. The van der Waals surface area contributed by atoms with Gasteiger partial charge in [-0.2, -0.15) is 0 Å². The van der Waals surface area contributed by atoms with Crippen LogP contribution in [0.3, 0.4) is 0 Å². The van der Waals surface area contributed by atoms with E-state index in [1.165, 1.54) is 6.07 Å². The maximum absolute atomic E-state index is 11.4. The van der Waals surface area contributed by atoms with Gasteiger partial charge in [0.15, 0.2) is 0 Å². The van der Waals surface area contributed by atoms with Crippen LogP contribution in [0.4, 0.5) is 11.5 Å². The Kier molecular flexibility index (Phi) is 5.92. The predicted octanol–water partition coefficient (Wildman–Crippen LogP) is 5.94. The molecule has 0 bridgehead atoms. The summed E-state index contributed by atoms with van der Waals surface area (Å²) in [6.07, 6.45) is 11.7. The molecule has 0 saturated heterocycles. The smallest absolute Gasteiger partial charge is 0.269 e. The third kappa shape index (κ3) is 4.26. The highest BCUT2D eigenvalue weighted by Crippen LogP contribution is 2.41. The van der Waals surface area contributed by atoms with E-state index in [0.717, 1.165) is 22.7 Å². The highest BCUT2D eigenvalue weighted by molar-refractivity contribution is 6.35. The number of amidine groups is 1. The highest BCUT2D eigenvalue weighted by atomic mass is 35.5. The highest BCUT2D eigenvalue weighted by Gasteiger charge is 2.34. The Balaban J connectivity index is 1.71. The van der Waals surface area contributed by atoms with Gasteiger partial charge in [0.05, 0.1) is 16.0 Å². The number of aromatic nitrogens is 1. The zero-order valence-corrected chi connectivity index (χ0v) is 18.1. The van der Waals surface area contributed by atoms with E-state index in [-0.39, 0.29) is 5.69 Å². The molecule has 33 heavy (non-hydrogen) atoms. The number of allylic oxidation sites excluding steroid dienone is 1. The van der Waals surface area contributed by atoms with Gasteiger partial charge < -0.3 is 0 Å². The number of aliphatic imine (C=N–C) groups is 1. The lowest BCUT2D eigenvalue weighted by molar-refractivity contribution is -0.384. The molecule has 1 fully saturated rings. The van der Waals surface area contributed by atoms with Crippen LogP contribution in [0.2, 0.25) is 5.02 Å². The number of anilines is 1. The van der Waals surface area contributed by atoms with Crippen molar-refractivity contribution in [2.75, 3.05) is 4.90 Å². The number of nitrogens with zero attached hydrogens (tertiary/aromatic N) is 4. The minimum absolute atomic E-state index is 0.0254. The summed E-state index contributed by atoms with van der Waals surface area (Å²) < 4.78 is 0. The summed E-state index contributed by atoms with van der Waals surface area (Å²) in [5, 5.41) is 11.9. The molecule has 6 nitrogen and oxygen atoms in total. The summed E-state index contributed by atoms with van der Waals surface area (Å²) in [7, 11) is 0. The van der Waals surface area contributed by atoms with Gasteiger partial charge in [-0.05, 0) is 61.6 Å². The second kappa shape index (κ2) is 9.16. The first-order valence-corrected chi connectivity index (χ1v) is 10.7. The van der Waals surface area contributed by atoms with Gasteiger partial charge in [-0.25, -0.2) is 4.98 Å². The van der Waals surface area contributed by atoms with Crippen molar-refractivity contribution < 1.29 is 4.92 Å². The van der Waals surface area contributed by atoms with E-state index >= 15 is 0 Å². The number of benzene rings is 2. The Bertz CT molecular complexity index is 1240. The average Bonchev–Trinajstić information content (AvgIpc) is 3.39. The van der Waals surface area contributed by atoms with Crippen LogP contribution in [0.1, 0.15) is 17.2 Å². The van der Waals surface area contributed by atoms with Gasteiger partial charge in [0, 0.05) is 35.5 Å². The molecule has 0 N–H and O–H groups in total. The van der Waals surface area contributed by atoms with Crippen molar-refractivity contribution in [3.63, 3.8) is 0 Å². The third-order valence-electron chi connectivity index (χ3n) is 5.40. The summed E-state index contributed by atoms with van der Waals surface area (Å²) in [6, 6.07) is 19.3. The Hall–Kier alpha value is -3.51. The quantitative estimate of drug-likeness (QED) is 0.354. The molecule has 0 amide bonds. The SMILES string of the molecule is O=[N+]([O-])c1cccc(C2C=C([C]3[CH][CH][CH][CH]3)N(c3ccccn3)C(c3ccccc3Cl)=N2)c1. The predicted molar refractivity (Wildman–Crippen MR) is 129 cm³/mol. The fourth-order valence-corrected chi connectivity index (χ4v) is 4.10. The number of hydrogen-bond acceptors (Lipinski definition) is 5. The van der Waals surface area contributed by atoms with Crippen molar-refractivity contribution in [3.05, 3.63) is 143 Å². The number of halogens is 1. The normalized spacial score (nSPS) is 18.7. The molecule has 1 aromatic heterocycles. The van der Waals surface area contributed by atoms with E-state index in [1.54, 1.807) is 18.3 Å². The van der Waals surface area contributed by atoms with E-state index < -0.39 is 11.0 Å². The maximum Gasteiger partial charge on any atom is 0.269 e. The summed E-state index contributed by atoms with van der Waals surface area (Å²) in [4.78, 5) is 22.6. The summed E-state index contributed by atoms with van der Waals surface area (Å²) in [5.74, 6) is 2.30. The Morgan fingerprint density at radius 2 is 1.76 bits per heavy atom. The standard InChI is InChI=1S/C26H18ClN4O2/c27-22-13-4-3-12-21(22)26-29-23(19-10-7-11-20(16-19)31(32)33)17-24(18-8-1-2-9-18)30(26)25-14-5-6-15-28-25/h1-17,23H. The summed E-state index contributed by atoms with van der Waals surface area (Å²) >= 11 is 6.61. The molecule has 5 radical (unpaired) electrons. The first kappa shape index (κ1) is 21.3. The van der Waals surface area contributed by atoms with Crippen LogP contribution in [0.5, 0.6) is 0 Å². The second-order valence-electron chi connectivity index (χ2n) is 7.48. The molecule has 1 aliphatic carbocycles. The first-order valence-electron chi connectivity index (χ1n) is 10.3. The van der Waals surface area contributed by atoms with E-state index in [4.69, 9.17) is 16.6 Å². The third-order valence-corrected chi connectivity index (χ3v) is 5.73. The molecule has 2 aliphatic rings. The van der Waals surface area contributed by atoms with Crippen LogP contribution in [0, 0.1) is 41.7 Å². The van der Waals surface area contributed by atoms with E-state index in [9.17, 15) is 10.1 Å². The number of non-ortho nitro benzene ring substituents is 1. The lowest BCUT2D eigenvalue weighted by atomic mass is 9.94. The van der Waals surface area contributed by atoms with Crippen LogP contribution in [0.25, 0.3) is 0 Å². The molecule has 1 aliphatic heterocycles. The van der Waals surface area contributed by atoms with Crippen LogP contribution in [-0.4, -0.2) is 15.7 Å². The molecule has 2 aromatic carbocycles. The van der Waals surface area contributed by atoms with Crippen molar-refractivity contribution in [1.29, 1.82) is 0 Å². The molecule has 3 aromatic rings. The van der Waals surface area contributed by atoms with Crippen LogP contribution in [-0.2, 0) is 0 Å². The minimum atomic E-state index is -0.443. The van der Waals surface area contributed by atoms with E-state index in [2.05, 4.69) is 4.98 Å². The molecule has 2 heterocycles. The topological polar surface area (TPSA) is 71.6 Å². The van der Waals surface area contributed by atoms with Crippen molar-refractivity contribution in [1.82, 2.24) is 4.98 Å². The van der Waals surface area contributed by atoms with Crippen molar-refractivity contribution >= 4 is 28.9 Å². The Morgan fingerprint density at radius 1 is 0.970 bits per heavy atom. The van der Waals surface area contributed by atoms with Gasteiger partial charge >= 0.3 is 0 Å². The summed E-state index contributed by atoms with van der Waals surface area (Å²) in [5.41, 5.74) is 2.37. The molecule has 161 valence electrons. The van der Waals surface area contributed by atoms with Crippen molar-refractivity contribution in [3.8, 4) is 0 Å². The molecule has 5 rings (SSSR count). The number of pyridine rings is 1. The molecular formula is C26H18ClN4O2. The average molecular weight is 454 g/mol. The number of rotatable bonds is 5. The molecule has 0 spiro atoms. The van der Waals surface area contributed by atoms with Crippen LogP contribution < -0.4 is 4.90 Å². The first-order chi connectivity index (χ1) is 16.1. The van der Waals surface area contributed by atoms with Gasteiger partial charge in [0.2, 0.25) is 0 Å². The Morgan fingerprint density at radius 3 is 2.48 bits per heavy atom. The lowest BCUT2D eigenvalue weighted by Crippen LogP contribution is -2.37. The van der Waals surface area contributed by atoms with Gasteiger partial charge in [0.25, 0.3) is 5.69 Å². The molecule has 1 saturated carbocycles. The van der Waals surface area contributed by atoms with E-state index in [0.29, 0.717) is 16.7 Å². The molecule has 1 unspecified atom stereocenters. The summed E-state index contributed by atoms with van der Waals surface area (Å²) in [6.45, 7) is 0. The zero-order valence-electron chi connectivity index (χ0n) is 17.4. The van der Waals surface area contributed by atoms with Gasteiger partial charge in [-0.1, -0.05) is 41.9 Å². The molecule has 1 atom stereocenters. The van der Waals surface area contributed by atoms with Crippen molar-refractivity contribution in [2.45, 2.75) is 6.04 Å². The fraction of sp³-hybridized carbons (Fsp3) is 0.0385. The van der Waals surface area contributed by atoms with E-state index in [1.807, 2.05) is 85.2 Å². The van der Waals surface area contributed by atoms with Gasteiger partial charge in [-0.15, -0.1) is 0 Å². The second-order valence-corrected chi connectivity index (χ2v) is 7.89. The number of hydrogen-bond donors (Lipinski definition) is 0. The molecular weight excluding hydrogens is 436 g/mol. The lowest BCUT2D eigenvalue weighted by Gasteiger charge is -2.35. The van der Waals surface area contributed by atoms with Crippen LogP contribution >= 0.6 is 11.6 Å². The number of nitro groups is 1. The number of nitro benzene ring substituents is 1. The fourth-order valence-electron chi connectivity index (χ4n) is 3.88. The minimum Gasteiger partial charge on any atom is -0.282 e. The van der Waals surface area contributed by atoms with Crippen molar-refractivity contribution in [2.24, 2.45) is 4.99 Å². The van der Waals surface area contributed by atoms with Gasteiger partial charge in [-0.3, -0.25) is 20.0 Å². The Labute approximate surface area is 197 Å². The largest absolute Gasteiger partial charge is 0.282 e. The van der Waals surface area contributed by atoms with Crippen LogP contribution in [0.15, 0.2) is 89.7 Å². The van der Waals surface area contributed by atoms with Gasteiger partial charge in [0.1, 0.15) is 11.7 Å². The molecule has 7 heteroatoms.